The van der Waals surface area contributed by atoms with Crippen LogP contribution in [-0.4, -0.2) is 25.1 Å². The molecule has 4 heteroatoms. The molecule has 1 aromatic carbocycles. The maximum Gasteiger partial charge on any atom is 0.220 e. The van der Waals surface area contributed by atoms with Crippen molar-refractivity contribution in [1.29, 1.82) is 0 Å². The van der Waals surface area contributed by atoms with Crippen LogP contribution in [0.15, 0.2) is 24.3 Å². The van der Waals surface area contributed by atoms with Gasteiger partial charge < -0.3 is 15.4 Å². The number of amides is 1. The molecule has 2 unspecified atom stereocenters. The Morgan fingerprint density at radius 1 is 1.28 bits per heavy atom. The molecule has 0 saturated carbocycles. The Morgan fingerprint density at radius 3 is 3.00 bits per heavy atom. The van der Waals surface area contributed by atoms with Gasteiger partial charge in [0.2, 0.25) is 5.91 Å². The Hall–Kier alpha value is -1.55. The number of rotatable bonds is 2. The second-order valence-electron chi connectivity index (χ2n) is 4.93. The van der Waals surface area contributed by atoms with Gasteiger partial charge in [0.15, 0.2) is 0 Å². The Labute approximate surface area is 107 Å². The third kappa shape index (κ3) is 2.34. The average Bonchev–Trinajstić information content (AvgIpc) is 2.42. The molecule has 2 atom stereocenters. The van der Waals surface area contributed by atoms with Crippen molar-refractivity contribution in [3.8, 4) is 5.75 Å². The van der Waals surface area contributed by atoms with Gasteiger partial charge in [-0.05, 0) is 12.5 Å². The summed E-state index contributed by atoms with van der Waals surface area (Å²) in [5.74, 6) is 1.15. The smallest absolute Gasteiger partial charge is 0.220 e. The summed E-state index contributed by atoms with van der Waals surface area (Å²) in [5, 5.41) is 6.55. The van der Waals surface area contributed by atoms with Crippen LogP contribution in [0.25, 0.3) is 0 Å². The minimum Gasteiger partial charge on any atom is -0.493 e. The normalized spacial score (nSPS) is 27.0. The average molecular weight is 246 g/mol. The molecule has 0 bridgehead atoms. The lowest BCUT2D eigenvalue weighted by molar-refractivity contribution is -0.122. The first-order valence-electron chi connectivity index (χ1n) is 6.57. The van der Waals surface area contributed by atoms with Crippen LogP contribution in [0.5, 0.6) is 5.75 Å². The fourth-order valence-corrected chi connectivity index (χ4v) is 2.67. The van der Waals surface area contributed by atoms with E-state index in [1.165, 1.54) is 5.56 Å². The number of para-hydroxylation sites is 1. The van der Waals surface area contributed by atoms with Gasteiger partial charge in [-0.2, -0.15) is 0 Å². The molecule has 3 rings (SSSR count). The van der Waals surface area contributed by atoms with Gasteiger partial charge in [-0.1, -0.05) is 18.2 Å². The Morgan fingerprint density at radius 2 is 2.17 bits per heavy atom. The van der Waals surface area contributed by atoms with E-state index in [0.29, 0.717) is 18.5 Å². The van der Waals surface area contributed by atoms with Crippen molar-refractivity contribution in [3.63, 3.8) is 0 Å². The zero-order chi connectivity index (χ0) is 12.4. The molecule has 1 saturated heterocycles. The molecule has 1 fully saturated rings. The predicted molar refractivity (Wildman–Crippen MR) is 68.5 cm³/mol. The first kappa shape index (κ1) is 11.5. The van der Waals surface area contributed by atoms with Crippen molar-refractivity contribution in [2.45, 2.75) is 31.3 Å². The fourth-order valence-electron chi connectivity index (χ4n) is 2.67. The minimum absolute atomic E-state index is 0.167. The highest BCUT2D eigenvalue weighted by atomic mass is 16.5. The summed E-state index contributed by atoms with van der Waals surface area (Å²) >= 11 is 0. The quantitative estimate of drug-likeness (QED) is 0.829. The lowest BCUT2D eigenvalue weighted by Crippen LogP contribution is -2.47. The molecule has 2 aliphatic rings. The van der Waals surface area contributed by atoms with E-state index in [0.717, 1.165) is 31.7 Å². The first-order valence-corrected chi connectivity index (χ1v) is 6.57. The SMILES string of the molecule is O=C1CCC(NC2CCOc3ccccc32)CN1. The van der Waals surface area contributed by atoms with Crippen LogP contribution in [0, 0.1) is 0 Å². The largest absolute Gasteiger partial charge is 0.493 e. The predicted octanol–water partition coefficient (Wildman–Crippen LogP) is 1.38. The molecular weight excluding hydrogens is 228 g/mol. The van der Waals surface area contributed by atoms with Crippen LogP contribution in [-0.2, 0) is 4.79 Å². The number of hydrogen-bond donors (Lipinski definition) is 2. The van der Waals surface area contributed by atoms with Crippen LogP contribution in [0.2, 0.25) is 0 Å². The number of carbonyl (C=O) groups excluding carboxylic acids is 1. The number of benzene rings is 1. The van der Waals surface area contributed by atoms with Gasteiger partial charge in [0, 0.05) is 37.0 Å². The van der Waals surface area contributed by atoms with E-state index in [1.807, 2.05) is 18.2 Å². The third-order valence-corrected chi connectivity index (χ3v) is 3.66. The zero-order valence-electron chi connectivity index (χ0n) is 10.3. The summed E-state index contributed by atoms with van der Waals surface area (Å²) in [6.07, 6.45) is 2.54. The van der Waals surface area contributed by atoms with E-state index in [4.69, 9.17) is 4.74 Å². The van der Waals surface area contributed by atoms with E-state index in [1.54, 1.807) is 0 Å². The second-order valence-corrected chi connectivity index (χ2v) is 4.93. The Bertz CT molecular complexity index is 437. The summed E-state index contributed by atoms with van der Waals surface area (Å²) in [6, 6.07) is 8.90. The lowest BCUT2D eigenvalue weighted by Gasteiger charge is -2.32. The van der Waals surface area contributed by atoms with Crippen molar-refractivity contribution in [2.75, 3.05) is 13.2 Å². The lowest BCUT2D eigenvalue weighted by atomic mass is 9.98. The van der Waals surface area contributed by atoms with Crippen LogP contribution in [0.4, 0.5) is 0 Å². The summed E-state index contributed by atoms with van der Waals surface area (Å²) in [4.78, 5) is 11.1. The highest BCUT2D eigenvalue weighted by Crippen LogP contribution is 2.32. The molecule has 0 radical (unpaired) electrons. The van der Waals surface area contributed by atoms with Gasteiger partial charge in [0.1, 0.15) is 5.75 Å². The van der Waals surface area contributed by atoms with E-state index in [9.17, 15) is 4.79 Å². The van der Waals surface area contributed by atoms with Gasteiger partial charge in [-0.15, -0.1) is 0 Å². The molecule has 2 heterocycles. The van der Waals surface area contributed by atoms with E-state index < -0.39 is 0 Å². The van der Waals surface area contributed by atoms with Crippen molar-refractivity contribution in [2.24, 2.45) is 0 Å². The molecule has 18 heavy (non-hydrogen) atoms. The monoisotopic (exact) mass is 246 g/mol. The van der Waals surface area contributed by atoms with Crippen molar-refractivity contribution in [3.05, 3.63) is 29.8 Å². The summed E-state index contributed by atoms with van der Waals surface area (Å²) < 4.78 is 5.65. The molecule has 0 aromatic heterocycles. The summed E-state index contributed by atoms with van der Waals surface area (Å²) in [7, 11) is 0. The minimum atomic E-state index is 0.167. The van der Waals surface area contributed by atoms with Gasteiger partial charge in [-0.25, -0.2) is 0 Å². The topological polar surface area (TPSA) is 50.4 Å². The van der Waals surface area contributed by atoms with Crippen LogP contribution < -0.4 is 15.4 Å². The highest BCUT2D eigenvalue weighted by molar-refractivity contribution is 5.76. The molecule has 4 nitrogen and oxygen atoms in total. The third-order valence-electron chi connectivity index (χ3n) is 3.66. The summed E-state index contributed by atoms with van der Waals surface area (Å²) in [5.41, 5.74) is 1.24. The van der Waals surface area contributed by atoms with E-state index in [-0.39, 0.29) is 5.91 Å². The van der Waals surface area contributed by atoms with Crippen LogP contribution >= 0.6 is 0 Å². The molecule has 2 aliphatic heterocycles. The number of hydrogen-bond acceptors (Lipinski definition) is 3. The van der Waals surface area contributed by atoms with Crippen molar-refractivity contribution >= 4 is 5.91 Å². The number of piperidine rings is 1. The first-order chi connectivity index (χ1) is 8.83. The van der Waals surface area contributed by atoms with Gasteiger partial charge in [0.25, 0.3) is 0 Å². The van der Waals surface area contributed by atoms with Crippen molar-refractivity contribution < 1.29 is 9.53 Å². The molecule has 1 amide bonds. The van der Waals surface area contributed by atoms with Gasteiger partial charge in [0.05, 0.1) is 6.61 Å². The van der Waals surface area contributed by atoms with Crippen LogP contribution in [0.1, 0.15) is 30.9 Å². The Kier molecular flexibility index (Phi) is 3.19. The maximum absolute atomic E-state index is 11.1. The molecule has 2 N–H and O–H groups in total. The Balaban J connectivity index is 1.69. The number of nitrogens with one attached hydrogen (secondary N) is 2. The molecular formula is C14H18N2O2. The molecule has 0 spiro atoms. The van der Waals surface area contributed by atoms with Gasteiger partial charge >= 0.3 is 0 Å². The second kappa shape index (κ2) is 4.98. The maximum atomic E-state index is 11.1. The summed E-state index contributed by atoms with van der Waals surface area (Å²) in [6.45, 7) is 1.49. The van der Waals surface area contributed by atoms with Gasteiger partial charge in [-0.3, -0.25) is 4.79 Å². The number of ether oxygens (including phenoxy) is 1. The molecule has 1 aromatic rings. The fraction of sp³-hybridized carbons (Fsp3) is 0.500. The van der Waals surface area contributed by atoms with E-state index >= 15 is 0 Å². The standard InChI is InChI=1S/C14H18N2O2/c17-14-6-5-10(9-15-14)16-12-7-8-18-13-4-2-1-3-11(12)13/h1-4,10,12,16H,5-9H2,(H,15,17). The number of fused-ring (bicyclic) bond motifs is 1. The number of carbonyl (C=O) groups is 1. The highest BCUT2D eigenvalue weighted by Gasteiger charge is 2.25. The van der Waals surface area contributed by atoms with Crippen molar-refractivity contribution in [1.82, 2.24) is 10.6 Å². The van der Waals surface area contributed by atoms with Crippen LogP contribution in [0.3, 0.4) is 0 Å². The molecule has 0 aliphatic carbocycles. The molecule has 96 valence electrons. The zero-order valence-corrected chi connectivity index (χ0v) is 10.3. The van der Waals surface area contributed by atoms with E-state index in [2.05, 4.69) is 16.7 Å².